The van der Waals surface area contributed by atoms with E-state index in [0.29, 0.717) is 33.5 Å². The van der Waals surface area contributed by atoms with Gasteiger partial charge in [-0.3, -0.25) is 9.36 Å². The van der Waals surface area contributed by atoms with Crippen molar-refractivity contribution in [3.05, 3.63) is 41.7 Å². The Morgan fingerprint density at radius 2 is 2.19 bits per heavy atom. The van der Waals surface area contributed by atoms with Crippen LogP contribution in [0.5, 0.6) is 0 Å². The highest BCUT2D eigenvalue weighted by Gasteiger charge is 2.18. The molecule has 136 valence electrons. The Bertz CT molecular complexity index is 862. The van der Waals surface area contributed by atoms with Crippen LogP contribution in [0.3, 0.4) is 0 Å². The van der Waals surface area contributed by atoms with Gasteiger partial charge in [0.05, 0.1) is 17.0 Å². The first-order valence-corrected chi connectivity index (χ1v) is 9.40. The minimum atomic E-state index is -0.177. The van der Waals surface area contributed by atoms with Gasteiger partial charge in [0.1, 0.15) is 5.82 Å². The number of hydrogen-bond acceptors (Lipinski definition) is 6. The summed E-state index contributed by atoms with van der Waals surface area (Å²) >= 11 is 7.11. The second kappa shape index (κ2) is 8.37. The van der Waals surface area contributed by atoms with E-state index in [1.54, 1.807) is 18.4 Å². The van der Waals surface area contributed by atoms with E-state index in [-0.39, 0.29) is 11.7 Å². The molecule has 0 saturated carbocycles. The molecule has 26 heavy (non-hydrogen) atoms. The van der Waals surface area contributed by atoms with E-state index in [1.165, 1.54) is 18.0 Å². The molecule has 0 aromatic carbocycles. The molecule has 3 aromatic rings. The zero-order valence-corrected chi connectivity index (χ0v) is 15.9. The lowest BCUT2D eigenvalue weighted by Crippen LogP contribution is -2.16. The van der Waals surface area contributed by atoms with Gasteiger partial charge in [0, 0.05) is 12.7 Å². The second-order valence-corrected chi connectivity index (χ2v) is 7.37. The predicted octanol–water partition coefficient (Wildman–Crippen LogP) is 3.97. The molecule has 0 unspecified atom stereocenters. The van der Waals surface area contributed by atoms with Gasteiger partial charge in [0.15, 0.2) is 16.7 Å². The molecule has 1 amide bonds. The lowest BCUT2D eigenvalue weighted by molar-refractivity contribution is -0.113. The molecule has 0 radical (unpaired) electrons. The molecule has 7 nitrogen and oxygen atoms in total. The molecule has 3 aromatic heterocycles. The van der Waals surface area contributed by atoms with Gasteiger partial charge < -0.3 is 9.73 Å². The van der Waals surface area contributed by atoms with Gasteiger partial charge in [-0.05, 0) is 30.2 Å². The first-order valence-electron chi connectivity index (χ1n) is 8.04. The highest BCUT2D eigenvalue weighted by Crippen LogP contribution is 2.25. The van der Waals surface area contributed by atoms with Crippen molar-refractivity contribution in [1.29, 1.82) is 0 Å². The quantitative estimate of drug-likeness (QED) is 0.613. The molecular weight excluding hydrogens is 374 g/mol. The standard InChI is InChI=1S/C17H18ClN5O2S/c1-11(2)9-23-16(13-4-3-7-25-13)21-22-17(23)26-10-15(24)20-14-6-5-12(18)8-19-14/h3-8,11H,9-10H2,1-2H3,(H,19,20,24). The Morgan fingerprint density at radius 1 is 1.35 bits per heavy atom. The van der Waals surface area contributed by atoms with Gasteiger partial charge in [0.25, 0.3) is 0 Å². The van der Waals surface area contributed by atoms with Crippen LogP contribution in [0.15, 0.2) is 46.3 Å². The number of nitrogens with zero attached hydrogens (tertiary/aromatic N) is 4. The molecule has 0 fully saturated rings. The van der Waals surface area contributed by atoms with E-state index in [0.717, 1.165) is 6.54 Å². The summed E-state index contributed by atoms with van der Waals surface area (Å²) in [6.07, 6.45) is 3.09. The van der Waals surface area contributed by atoms with Crippen LogP contribution in [0.2, 0.25) is 5.02 Å². The Labute approximate surface area is 160 Å². The number of thioether (sulfide) groups is 1. The molecule has 9 heteroatoms. The van der Waals surface area contributed by atoms with Gasteiger partial charge in [-0.15, -0.1) is 10.2 Å². The average molecular weight is 392 g/mol. The average Bonchev–Trinajstić information content (AvgIpc) is 3.24. The topological polar surface area (TPSA) is 85.8 Å². The van der Waals surface area contributed by atoms with E-state index < -0.39 is 0 Å². The van der Waals surface area contributed by atoms with Crippen LogP contribution in [0.4, 0.5) is 5.82 Å². The number of hydrogen-bond donors (Lipinski definition) is 1. The van der Waals surface area contributed by atoms with E-state index in [4.69, 9.17) is 16.0 Å². The Balaban J connectivity index is 1.69. The van der Waals surface area contributed by atoms with Crippen molar-refractivity contribution >= 4 is 35.1 Å². The number of furan rings is 1. The largest absolute Gasteiger partial charge is 0.461 e. The van der Waals surface area contributed by atoms with Crippen molar-refractivity contribution in [3.8, 4) is 11.6 Å². The Hall–Kier alpha value is -2.32. The number of carbonyl (C=O) groups is 1. The molecule has 0 aliphatic rings. The van der Waals surface area contributed by atoms with Gasteiger partial charge in [-0.25, -0.2) is 4.98 Å². The molecule has 1 N–H and O–H groups in total. The summed E-state index contributed by atoms with van der Waals surface area (Å²) in [5.41, 5.74) is 0. The summed E-state index contributed by atoms with van der Waals surface area (Å²) in [6.45, 7) is 4.95. The minimum Gasteiger partial charge on any atom is -0.461 e. The van der Waals surface area contributed by atoms with E-state index in [2.05, 4.69) is 34.3 Å². The third-order valence-corrected chi connectivity index (χ3v) is 4.52. The number of anilines is 1. The first-order chi connectivity index (χ1) is 12.5. The van der Waals surface area contributed by atoms with Crippen LogP contribution in [-0.2, 0) is 11.3 Å². The smallest absolute Gasteiger partial charge is 0.236 e. The summed E-state index contributed by atoms with van der Waals surface area (Å²) < 4.78 is 7.41. The normalized spacial score (nSPS) is 11.1. The van der Waals surface area contributed by atoms with E-state index in [9.17, 15) is 4.79 Å². The van der Waals surface area contributed by atoms with E-state index in [1.807, 2.05) is 16.7 Å². The number of carbonyl (C=O) groups excluding carboxylic acids is 1. The molecular formula is C17H18ClN5O2S. The van der Waals surface area contributed by atoms with Crippen LogP contribution in [-0.4, -0.2) is 31.4 Å². The van der Waals surface area contributed by atoms with Crippen molar-refractivity contribution in [2.24, 2.45) is 5.92 Å². The number of aromatic nitrogens is 4. The fourth-order valence-corrected chi connectivity index (χ4v) is 3.13. The van der Waals surface area contributed by atoms with Crippen molar-refractivity contribution in [2.45, 2.75) is 25.5 Å². The second-order valence-electron chi connectivity index (χ2n) is 5.99. The first kappa shape index (κ1) is 18.5. The third kappa shape index (κ3) is 4.64. The van der Waals surface area contributed by atoms with Crippen LogP contribution in [0, 0.1) is 5.92 Å². The molecule has 0 aliphatic carbocycles. The molecule has 0 atom stereocenters. The zero-order valence-electron chi connectivity index (χ0n) is 14.3. The van der Waals surface area contributed by atoms with Gasteiger partial charge >= 0.3 is 0 Å². The van der Waals surface area contributed by atoms with Crippen molar-refractivity contribution < 1.29 is 9.21 Å². The molecule has 3 heterocycles. The summed E-state index contributed by atoms with van der Waals surface area (Å²) in [7, 11) is 0. The number of halogens is 1. The maximum Gasteiger partial charge on any atom is 0.236 e. The summed E-state index contributed by atoms with van der Waals surface area (Å²) in [5.74, 6) is 2.18. The van der Waals surface area contributed by atoms with E-state index >= 15 is 0 Å². The molecule has 0 spiro atoms. The highest BCUT2D eigenvalue weighted by molar-refractivity contribution is 7.99. The van der Waals surface area contributed by atoms with Crippen LogP contribution >= 0.6 is 23.4 Å². The monoisotopic (exact) mass is 391 g/mol. The number of nitrogens with one attached hydrogen (secondary N) is 1. The SMILES string of the molecule is CC(C)Cn1c(SCC(=O)Nc2ccc(Cl)cn2)nnc1-c1ccco1. The highest BCUT2D eigenvalue weighted by atomic mass is 35.5. The minimum absolute atomic E-state index is 0.177. The molecule has 0 aliphatic heterocycles. The lowest BCUT2D eigenvalue weighted by atomic mass is 10.2. The van der Waals surface area contributed by atoms with Crippen LogP contribution in [0.25, 0.3) is 11.6 Å². The fraction of sp³-hybridized carbons (Fsp3) is 0.294. The van der Waals surface area contributed by atoms with Crippen LogP contribution < -0.4 is 5.32 Å². The molecule has 0 bridgehead atoms. The summed E-state index contributed by atoms with van der Waals surface area (Å²) in [5, 5.41) is 12.4. The number of rotatable bonds is 7. The Kier molecular flexibility index (Phi) is 5.95. The van der Waals surface area contributed by atoms with Crippen molar-refractivity contribution in [2.75, 3.05) is 11.1 Å². The maximum absolute atomic E-state index is 12.2. The summed E-state index contributed by atoms with van der Waals surface area (Å²) in [6, 6.07) is 6.98. The van der Waals surface area contributed by atoms with Gasteiger partial charge in [-0.1, -0.05) is 37.2 Å². The number of amides is 1. The Morgan fingerprint density at radius 3 is 2.85 bits per heavy atom. The van der Waals surface area contributed by atoms with Crippen molar-refractivity contribution in [1.82, 2.24) is 19.7 Å². The predicted molar refractivity (Wildman–Crippen MR) is 101 cm³/mol. The fourth-order valence-electron chi connectivity index (χ4n) is 2.27. The molecule has 0 saturated heterocycles. The van der Waals surface area contributed by atoms with Crippen LogP contribution in [0.1, 0.15) is 13.8 Å². The third-order valence-electron chi connectivity index (χ3n) is 3.33. The van der Waals surface area contributed by atoms with Crippen molar-refractivity contribution in [3.63, 3.8) is 0 Å². The summed E-state index contributed by atoms with van der Waals surface area (Å²) in [4.78, 5) is 16.2. The van der Waals surface area contributed by atoms with Gasteiger partial charge in [0.2, 0.25) is 5.91 Å². The zero-order chi connectivity index (χ0) is 18.5. The lowest BCUT2D eigenvalue weighted by Gasteiger charge is -2.11. The van der Waals surface area contributed by atoms with Gasteiger partial charge in [-0.2, -0.15) is 0 Å². The number of pyridine rings is 1. The maximum atomic E-state index is 12.2. The molecule has 3 rings (SSSR count).